The molecule has 1 aliphatic heterocycles. The number of alkyl halides is 1. The summed E-state index contributed by atoms with van der Waals surface area (Å²) in [6.45, 7) is 9.74. The van der Waals surface area contributed by atoms with Crippen molar-refractivity contribution in [3.8, 4) is 0 Å². The lowest BCUT2D eigenvalue weighted by Crippen LogP contribution is -2.37. The Morgan fingerprint density at radius 1 is 1.11 bits per heavy atom. The highest BCUT2D eigenvalue weighted by molar-refractivity contribution is 9.09. The van der Waals surface area contributed by atoms with Crippen LogP contribution in [0.2, 0.25) is 0 Å². The van der Waals surface area contributed by atoms with Gasteiger partial charge in [0.1, 0.15) is 0 Å². The third-order valence-electron chi connectivity index (χ3n) is 4.12. The molecule has 114 valence electrons. The van der Waals surface area contributed by atoms with Gasteiger partial charge in [0.25, 0.3) is 0 Å². The lowest BCUT2D eigenvalue weighted by atomic mass is 9.82. The van der Waals surface area contributed by atoms with Crippen LogP contribution in [0.25, 0.3) is 0 Å². The molecule has 1 saturated heterocycles. The Morgan fingerprint density at radius 2 is 1.63 bits per heavy atom. The number of halogens is 1. The summed E-state index contributed by atoms with van der Waals surface area (Å²) in [5.41, 5.74) is 0.328. The first-order valence-corrected chi connectivity index (χ1v) is 9.00. The Hall–Kier alpha value is 0.400. The van der Waals surface area contributed by atoms with Crippen molar-refractivity contribution >= 4 is 15.9 Å². The first kappa shape index (κ1) is 17.5. The van der Waals surface area contributed by atoms with Crippen LogP contribution < -0.4 is 0 Å². The van der Waals surface area contributed by atoms with Crippen molar-refractivity contribution in [2.45, 2.75) is 84.5 Å². The molecular weight excluding hydrogens is 304 g/mol. The van der Waals surface area contributed by atoms with E-state index in [1.807, 2.05) is 0 Å². The second-order valence-electron chi connectivity index (χ2n) is 6.30. The Morgan fingerprint density at radius 3 is 2.05 bits per heavy atom. The second-order valence-corrected chi connectivity index (χ2v) is 6.86. The Labute approximate surface area is 127 Å². The van der Waals surface area contributed by atoms with Crippen LogP contribution in [0.3, 0.4) is 0 Å². The number of hydrogen-bond acceptors (Lipinski definition) is 2. The van der Waals surface area contributed by atoms with E-state index in [0.717, 1.165) is 24.8 Å². The molecule has 0 N–H and O–H groups in total. The molecule has 2 unspecified atom stereocenters. The van der Waals surface area contributed by atoms with Gasteiger partial charge in [0.2, 0.25) is 0 Å². The summed E-state index contributed by atoms with van der Waals surface area (Å²) in [7, 11) is 0. The van der Waals surface area contributed by atoms with E-state index in [1.54, 1.807) is 0 Å². The number of ether oxygens (including phenoxy) is 2. The van der Waals surface area contributed by atoms with Crippen LogP contribution in [0.5, 0.6) is 0 Å². The summed E-state index contributed by atoms with van der Waals surface area (Å²) in [6.07, 6.45) is 8.10. The molecule has 0 bridgehead atoms. The predicted molar refractivity (Wildman–Crippen MR) is 85.0 cm³/mol. The minimum Gasteiger partial charge on any atom is -0.377 e. The topological polar surface area (TPSA) is 18.5 Å². The highest BCUT2D eigenvalue weighted by Gasteiger charge is 2.31. The number of rotatable bonds is 8. The van der Waals surface area contributed by atoms with E-state index in [0.29, 0.717) is 23.7 Å². The van der Waals surface area contributed by atoms with Gasteiger partial charge in [0.15, 0.2) is 0 Å². The molecule has 0 radical (unpaired) electrons. The molecule has 1 heterocycles. The third-order valence-corrected chi connectivity index (χ3v) is 5.31. The molecule has 0 saturated carbocycles. The van der Waals surface area contributed by atoms with Crippen LogP contribution in [0.1, 0.15) is 66.2 Å². The monoisotopic (exact) mass is 334 g/mol. The molecule has 2 nitrogen and oxygen atoms in total. The van der Waals surface area contributed by atoms with Gasteiger partial charge in [-0.25, -0.2) is 0 Å². The molecule has 1 fully saturated rings. The Balaban J connectivity index is 2.50. The maximum absolute atomic E-state index is 6.28. The van der Waals surface area contributed by atoms with Crippen molar-refractivity contribution < 1.29 is 9.47 Å². The van der Waals surface area contributed by atoms with Gasteiger partial charge in [-0.1, -0.05) is 42.6 Å². The van der Waals surface area contributed by atoms with Crippen molar-refractivity contribution in [1.29, 1.82) is 0 Å². The molecule has 0 aliphatic carbocycles. The van der Waals surface area contributed by atoms with Crippen LogP contribution >= 0.6 is 15.9 Å². The standard InChI is InChI=1S/C16H31BrO2/c1-5-7-16(11-17,8-6-2)12-18-15-9-13(3)19-14(4)10-15/h13-15H,5-12H2,1-4H3. The van der Waals surface area contributed by atoms with Crippen molar-refractivity contribution in [3.63, 3.8) is 0 Å². The molecule has 1 aliphatic rings. The molecule has 0 aromatic carbocycles. The maximum Gasteiger partial charge on any atom is 0.0624 e. The predicted octanol–water partition coefficient (Wildman–Crippen LogP) is 4.94. The fourth-order valence-corrected chi connectivity index (χ4v) is 4.00. The average molecular weight is 335 g/mol. The minimum atomic E-state index is 0.328. The first-order valence-electron chi connectivity index (χ1n) is 7.88. The van der Waals surface area contributed by atoms with Gasteiger partial charge in [0, 0.05) is 10.7 Å². The van der Waals surface area contributed by atoms with E-state index in [2.05, 4.69) is 43.6 Å². The van der Waals surface area contributed by atoms with E-state index >= 15 is 0 Å². The fraction of sp³-hybridized carbons (Fsp3) is 1.00. The van der Waals surface area contributed by atoms with Crippen molar-refractivity contribution in [1.82, 2.24) is 0 Å². The molecule has 0 aromatic rings. The minimum absolute atomic E-state index is 0.328. The zero-order chi connectivity index (χ0) is 14.3. The summed E-state index contributed by atoms with van der Waals surface area (Å²) < 4.78 is 12.1. The highest BCUT2D eigenvalue weighted by Crippen LogP contribution is 2.34. The highest BCUT2D eigenvalue weighted by atomic mass is 79.9. The summed E-state index contributed by atoms with van der Waals surface area (Å²) in [5, 5.41) is 1.05. The molecule has 0 spiro atoms. The quantitative estimate of drug-likeness (QED) is 0.585. The maximum atomic E-state index is 6.28. The normalized spacial score (nSPS) is 28.6. The molecular formula is C16H31BrO2. The van der Waals surface area contributed by atoms with Gasteiger partial charge in [-0.3, -0.25) is 0 Å². The third kappa shape index (κ3) is 5.73. The Kier molecular flexibility index (Phi) is 7.93. The van der Waals surface area contributed by atoms with Gasteiger partial charge in [-0.15, -0.1) is 0 Å². The van der Waals surface area contributed by atoms with Crippen LogP contribution in [0, 0.1) is 5.41 Å². The smallest absolute Gasteiger partial charge is 0.0624 e. The van der Waals surface area contributed by atoms with Crippen LogP contribution in [0.15, 0.2) is 0 Å². The molecule has 2 atom stereocenters. The van der Waals surface area contributed by atoms with Gasteiger partial charge >= 0.3 is 0 Å². The molecule has 0 aromatic heterocycles. The fourth-order valence-electron chi connectivity index (χ4n) is 3.28. The number of hydrogen-bond donors (Lipinski definition) is 0. The van der Waals surface area contributed by atoms with Crippen LogP contribution in [0.4, 0.5) is 0 Å². The zero-order valence-electron chi connectivity index (χ0n) is 13.1. The molecule has 3 heteroatoms. The van der Waals surface area contributed by atoms with Crippen molar-refractivity contribution in [3.05, 3.63) is 0 Å². The SMILES string of the molecule is CCCC(CBr)(CCC)COC1CC(C)OC(C)C1. The van der Waals surface area contributed by atoms with Gasteiger partial charge in [0.05, 0.1) is 24.9 Å². The van der Waals surface area contributed by atoms with E-state index in [9.17, 15) is 0 Å². The van der Waals surface area contributed by atoms with E-state index in [-0.39, 0.29) is 0 Å². The first-order chi connectivity index (χ1) is 9.05. The van der Waals surface area contributed by atoms with Gasteiger partial charge < -0.3 is 9.47 Å². The van der Waals surface area contributed by atoms with Gasteiger partial charge in [-0.2, -0.15) is 0 Å². The van der Waals surface area contributed by atoms with Crippen LogP contribution in [-0.2, 0) is 9.47 Å². The van der Waals surface area contributed by atoms with E-state index in [1.165, 1.54) is 25.7 Å². The molecule has 19 heavy (non-hydrogen) atoms. The average Bonchev–Trinajstić information content (AvgIpc) is 2.35. The van der Waals surface area contributed by atoms with E-state index < -0.39 is 0 Å². The van der Waals surface area contributed by atoms with Crippen molar-refractivity contribution in [2.24, 2.45) is 5.41 Å². The Bertz CT molecular complexity index is 229. The summed E-state index contributed by atoms with van der Waals surface area (Å²) >= 11 is 3.72. The molecule has 1 rings (SSSR count). The molecule has 0 amide bonds. The lowest BCUT2D eigenvalue weighted by Gasteiger charge is -2.37. The largest absolute Gasteiger partial charge is 0.377 e. The van der Waals surface area contributed by atoms with E-state index in [4.69, 9.17) is 9.47 Å². The zero-order valence-corrected chi connectivity index (χ0v) is 14.7. The lowest BCUT2D eigenvalue weighted by molar-refractivity contribution is -0.115. The van der Waals surface area contributed by atoms with Gasteiger partial charge in [-0.05, 0) is 39.5 Å². The summed E-state index contributed by atoms with van der Waals surface area (Å²) in [6, 6.07) is 0. The summed E-state index contributed by atoms with van der Waals surface area (Å²) in [5.74, 6) is 0. The van der Waals surface area contributed by atoms with Crippen molar-refractivity contribution in [2.75, 3.05) is 11.9 Å². The second kappa shape index (κ2) is 8.63. The van der Waals surface area contributed by atoms with Crippen LogP contribution in [-0.4, -0.2) is 30.2 Å². The summed E-state index contributed by atoms with van der Waals surface area (Å²) in [4.78, 5) is 0.